The van der Waals surface area contributed by atoms with Crippen LogP contribution in [0.15, 0.2) is 54.6 Å². The molecule has 0 bridgehead atoms. The van der Waals surface area contributed by atoms with E-state index in [1.165, 1.54) is 0 Å². The van der Waals surface area contributed by atoms with Crippen LogP contribution in [0.25, 0.3) is 0 Å². The summed E-state index contributed by atoms with van der Waals surface area (Å²) in [4.78, 5) is 58.6. The van der Waals surface area contributed by atoms with Gasteiger partial charge in [-0.25, -0.2) is 4.79 Å². The number of unbranched alkanes of at least 4 members (excludes halogenated alkanes) is 1. The number of likely N-dealkylation sites (tertiary alicyclic amines) is 1. The molecule has 46 heavy (non-hydrogen) atoms. The standard InChI is InChI=1S/C36H52N4O6/c1-7-8-21-45-33(41)25-46-32-19-13-12-18-29(32)34(42)37-30(22-26(2)3)35(43)40-20-14-17-28(40)24-39(6)31(36(44)38(4)5)23-27-15-10-9-11-16-27/h9-13,15-16,18-19,26,28,30-31H,7-8,14,17,20-25H2,1-6H3,(H,37,42)/t28-,30-,31+/m1/s1. The molecule has 3 atom stereocenters. The third-order valence-corrected chi connectivity index (χ3v) is 8.24. The van der Waals surface area contributed by atoms with Crippen LogP contribution in [-0.2, 0) is 25.5 Å². The number of nitrogens with zero attached hydrogens (tertiary/aromatic N) is 3. The van der Waals surface area contributed by atoms with Crippen molar-refractivity contribution in [3.05, 3.63) is 65.7 Å². The van der Waals surface area contributed by atoms with Gasteiger partial charge < -0.3 is 24.6 Å². The number of carbonyl (C=O) groups is 4. The predicted octanol–water partition coefficient (Wildman–Crippen LogP) is 4.18. The molecule has 0 aliphatic carbocycles. The molecule has 0 spiro atoms. The van der Waals surface area contributed by atoms with Crippen molar-refractivity contribution in [1.82, 2.24) is 20.0 Å². The number of benzene rings is 2. The van der Waals surface area contributed by atoms with E-state index in [9.17, 15) is 19.2 Å². The van der Waals surface area contributed by atoms with Gasteiger partial charge in [-0.15, -0.1) is 0 Å². The fourth-order valence-electron chi connectivity index (χ4n) is 5.76. The number of para-hydroxylation sites is 1. The van der Waals surface area contributed by atoms with Crippen molar-refractivity contribution in [3.63, 3.8) is 0 Å². The molecule has 3 amide bonds. The lowest BCUT2D eigenvalue weighted by atomic mass is 10.0. The number of rotatable bonds is 17. The van der Waals surface area contributed by atoms with Crippen molar-refractivity contribution in [2.45, 2.75) is 77.4 Å². The summed E-state index contributed by atoms with van der Waals surface area (Å²) in [6.45, 7) is 7.19. The summed E-state index contributed by atoms with van der Waals surface area (Å²) in [5.41, 5.74) is 1.32. The van der Waals surface area contributed by atoms with Gasteiger partial charge in [-0.2, -0.15) is 0 Å². The molecule has 1 aliphatic rings. The minimum Gasteiger partial charge on any atom is -0.481 e. The van der Waals surface area contributed by atoms with E-state index in [0.29, 0.717) is 32.5 Å². The van der Waals surface area contributed by atoms with E-state index < -0.39 is 17.9 Å². The Morgan fingerprint density at radius 1 is 1.00 bits per heavy atom. The predicted molar refractivity (Wildman–Crippen MR) is 179 cm³/mol. The maximum absolute atomic E-state index is 14.1. The third-order valence-electron chi connectivity index (χ3n) is 8.24. The maximum Gasteiger partial charge on any atom is 0.344 e. The normalized spacial score (nSPS) is 15.8. The molecule has 0 unspecified atom stereocenters. The minimum absolute atomic E-state index is 0.0160. The van der Waals surface area contributed by atoms with Crippen molar-refractivity contribution in [2.24, 2.45) is 5.92 Å². The Labute approximate surface area is 274 Å². The molecule has 10 heteroatoms. The van der Waals surface area contributed by atoms with E-state index in [0.717, 1.165) is 31.2 Å². The molecule has 1 saturated heterocycles. The van der Waals surface area contributed by atoms with Crippen LogP contribution >= 0.6 is 0 Å². The van der Waals surface area contributed by atoms with Crippen LogP contribution in [0.4, 0.5) is 0 Å². The Morgan fingerprint density at radius 2 is 1.70 bits per heavy atom. The number of amides is 3. The molecular weight excluding hydrogens is 584 g/mol. The van der Waals surface area contributed by atoms with Gasteiger partial charge in [-0.1, -0.05) is 69.7 Å². The number of hydrogen-bond acceptors (Lipinski definition) is 7. The lowest BCUT2D eigenvalue weighted by molar-refractivity contribution is -0.146. The minimum atomic E-state index is -0.742. The second-order valence-corrected chi connectivity index (χ2v) is 12.7. The molecule has 0 saturated carbocycles. The van der Waals surface area contributed by atoms with Gasteiger partial charge in [0.05, 0.1) is 18.2 Å². The molecular formula is C36H52N4O6. The molecule has 1 aliphatic heterocycles. The fraction of sp³-hybridized carbons (Fsp3) is 0.556. The average molecular weight is 637 g/mol. The first-order valence-electron chi connectivity index (χ1n) is 16.5. The molecule has 3 rings (SSSR count). The summed E-state index contributed by atoms with van der Waals surface area (Å²) in [5, 5.41) is 2.97. The zero-order valence-corrected chi connectivity index (χ0v) is 28.4. The third kappa shape index (κ3) is 10.9. The molecule has 252 valence electrons. The summed E-state index contributed by atoms with van der Waals surface area (Å²) in [7, 11) is 5.47. The first-order valence-corrected chi connectivity index (χ1v) is 16.5. The maximum atomic E-state index is 14.1. The first-order chi connectivity index (χ1) is 22.0. The van der Waals surface area contributed by atoms with Gasteiger partial charge in [0.1, 0.15) is 11.8 Å². The molecule has 1 heterocycles. The Balaban J connectivity index is 1.72. The van der Waals surface area contributed by atoms with Crippen molar-refractivity contribution in [2.75, 3.05) is 47.4 Å². The SMILES string of the molecule is CCCCOC(=O)COc1ccccc1C(=O)N[C@H](CC(C)C)C(=O)N1CCC[C@@H]1CN(C)[C@@H](Cc1ccccc1)C(=O)N(C)C. The lowest BCUT2D eigenvalue weighted by Gasteiger charge is -2.35. The molecule has 1 fully saturated rings. The Kier molecular flexibility index (Phi) is 14.5. The van der Waals surface area contributed by atoms with Crippen molar-refractivity contribution >= 4 is 23.7 Å². The molecule has 10 nitrogen and oxygen atoms in total. The number of ether oxygens (including phenoxy) is 2. The largest absolute Gasteiger partial charge is 0.481 e. The Bertz CT molecular complexity index is 1280. The van der Waals surface area contributed by atoms with Crippen LogP contribution < -0.4 is 10.1 Å². The van der Waals surface area contributed by atoms with Crippen LogP contribution in [0.2, 0.25) is 0 Å². The molecule has 2 aromatic carbocycles. The van der Waals surface area contributed by atoms with E-state index >= 15 is 0 Å². The average Bonchev–Trinajstić information content (AvgIpc) is 3.50. The highest BCUT2D eigenvalue weighted by Crippen LogP contribution is 2.24. The molecule has 1 N–H and O–H groups in total. The zero-order chi connectivity index (χ0) is 33.6. The van der Waals surface area contributed by atoms with Gasteiger partial charge in [-0.3, -0.25) is 19.3 Å². The number of esters is 1. The number of hydrogen-bond donors (Lipinski definition) is 1. The van der Waals surface area contributed by atoms with Gasteiger partial charge in [-0.05, 0) is 62.8 Å². The summed E-state index contributed by atoms with van der Waals surface area (Å²) in [5.74, 6) is -0.660. The van der Waals surface area contributed by atoms with E-state index in [4.69, 9.17) is 9.47 Å². The molecule has 0 aromatic heterocycles. The van der Waals surface area contributed by atoms with Crippen LogP contribution in [-0.4, -0.2) is 104 Å². The lowest BCUT2D eigenvalue weighted by Crippen LogP contribution is -2.54. The van der Waals surface area contributed by atoms with Crippen molar-refractivity contribution in [3.8, 4) is 5.75 Å². The van der Waals surface area contributed by atoms with E-state index in [-0.39, 0.29) is 47.7 Å². The number of nitrogens with one attached hydrogen (secondary N) is 1. The number of carbonyl (C=O) groups excluding carboxylic acids is 4. The highest BCUT2D eigenvalue weighted by molar-refractivity contribution is 5.99. The van der Waals surface area contributed by atoms with Crippen LogP contribution in [0.5, 0.6) is 5.75 Å². The molecule has 0 radical (unpaired) electrons. The summed E-state index contributed by atoms with van der Waals surface area (Å²) in [6.07, 6.45) is 4.38. The van der Waals surface area contributed by atoms with Gasteiger partial charge in [0.15, 0.2) is 6.61 Å². The van der Waals surface area contributed by atoms with Crippen LogP contribution in [0, 0.1) is 5.92 Å². The Hall–Kier alpha value is -3.92. The van der Waals surface area contributed by atoms with Gasteiger partial charge >= 0.3 is 5.97 Å². The summed E-state index contributed by atoms with van der Waals surface area (Å²) in [6, 6.07) is 15.4. The summed E-state index contributed by atoms with van der Waals surface area (Å²) >= 11 is 0. The van der Waals surface area contributed by atoms with Crippen LogP contribution in [0.3, 0.4) is 0 Å². The molecule has 2 aromatic rings. The van der Waals surface area contributed by atoms with E-state index in [1.807, 2.05) is 63.1 Å². The van der Waals surface area contributed by atoms with E-state index in [2.05, 4.69) is 10.2 Å². The zero-order valence-electron chi connectivity index (χ0n) is 28.4. The highest BCUT2D eigenvalue weighted by Gasteiger charge is 2.37. The van der Waals surface area contributed by atoms with Crippen LogP contribution in [0.1, 0.15) is 68.8 Å². The smallest absolute Gasteiger partial charge is 0.344 e. The van der Waals surface area contributed by atoms with Gasteiger partial charge in [0.2, 0.25) is 11.8 Å². The first kappa shape index (κ1) is 36.5. The van der Waals surface area contributed by atoms with Gasteiger partial charge in [0.25, 0.3) is 5.91 Å². The number of likely N-dealkylation sites (N-methyl/N-ethyl adjacent to an activating group) is 2. The topological polar surface area (TPSA) is 108 Å². The van der Waals surface area contributed by atoms with Crippen molar-refractivity contribution < 1.29 is 28.7 Å². The van der Waals surface area contributed by atoms with E-state index in [1.54, 1.807) is 43.3 Å². The summed E-state index contributed by atoms with van der Waals surface area (Å²) < 4.78 is 10.8. The second-order valence-electron chi connectivity index (χ2n) is 12.7. The fourth-order valence-corrected chi connectivity index (χ4v) is 5.76. The van der Waals surface area contributed by atoms with Gasteiger partial charge in [0, 0.05) is 33.2 Å². The monoisotopic (exact) mass is 636 g/mol. The second kappa shape index (κ2) is 18.3. The van der Waals surface area contributed by atoms with Crippen molar-refractivity contribution in [1.29, 1.82) is 0 Å². The Morgan fingerprint density at radius 3 is 2.37 bits per heavy atom. The highest BCUT2D eigenvalue weighted by atomic mass is 16.6. The quantitative estimate of drug-likeness (QED) is 0.205.